The van der Waals surface area contributed by atoms with Crippen LogP contribution in [0.25, 0.3) is 0 Å². The third-order valence-corrected chi connectivity index (χ3v) is 2.24. The standard InChI is InChI=1S/C11H16ClNO2/c1-8(13)10-7-9(12)3-4-11(10)15-6-5-14-2/h3-4,7-8H,5-6,13H2,1-2H3/t8-/m0/s1. The monoisotopic (exact) mass is 229 g/mol. The van der Waals surface area contributed by atoms with Crippen molar-refractivity contribution in [2.24, 2.45) is 5.73 Å². The van der Waals surface area contributed by atoms with E-state index < -0.39 is 0 Å². The third kappa shape index (κ3) is 3.70. The predicted molar refractivity (Wildman–Crippen MR) is 61.4 cm³/mol. The number of nitrogens with two attached hydrogens (primary N) is 1. The van der Waals surface area contributed by atoms with Crippen molar-refractivity contribution < 1.29 is 9.47 Å². The van der Waals surface area contributed by atoms with Crippen LogP contribution < -0.4 is 10.5 Å². The van der Waals surface area contributed by atoms with Gasteiger partial charge in [0.2, 0.25) is 0 Å². The summed E-state index contributed by atoms with van der Waals surface area (Å²) in [5.41, 5.74) is 6.73. The highest BCUT2D eigenvalue weighted by atomic mass is 35.5. The minimum atomic E-state index is -0.0961. The number of hydrogen-bond acceptors (Lipinski definition) is 3. The van der Waals surface area contributed by atoms with Crippen LogP contribution in [0.1, 0.15) is 18.5 Å². The van der Waals surface area contributed by atoms with E-state index in [4.69, 9.17) is 26.8 Å². The number of halogens is 1. The quantitative estimate of drug-likeness (QED) is 0.789. The van der Waals surface area contributed by atoms with Gasteiger partial charge in [-0.15, -0.1) is 0 Å². The van der Waals surface area contributed by atoms with Gasteiger partial charge >= 0.3 is 0 Å². The van der Waals surface area contributed by atoms with Crippen molar-refractivity contribution in [2.75, 3.05) is 20.3 Å². The van der Waals surface area contributed by atoms with Crippen molar-refractivity contribution in [3.05, 3.63) is 28.8 Å². The summed E-state index contributed by atoms with van der Waals surface area (Å²) < 4.78 is 10.4. The number of benzene rings is 1. The largest absolute Gasteiger partial charge is 0.491 e. The molecule has 0 aromatic heterocycles. The second-order valence-corrected chi connectivity index (χ2v) is 3.75. The smallest absolute Gasteiger partial charge is 0.124 e. The second kappa shape index (κ2) is 5.95. The number of hydrogen-bond donors (Lipinski definition) is 1. The van der Waals surface area contributed by atoms with Gasteiger partial charge in [0.1, 0.15) is 12.4 Å². The first-order valence-corrected chi connectivity index (χ1v) is 5.19. The number of rotatable bonds is 5. The van der Waals surface area contributed by atoms with Gasteiger partial charge in [-0.3, -0.25) is 0 Å². The topological polar surface area (TPSA) is 44.5 Å². The second-order valence-electron chi connectivity index (χ2n) is 3.31. The summed E-state index contributed by atoms with van der Waals surface area (Å²) in [6, 6.07) is 5.35. The highest BCUT2D eigenvalue weighted by Gasteiger charge is 2.08. The average Bonchev–Trinajstić information content (AvgIpc) is 2.20. The van der Waals surface area contributed by atoms with Crippen LogP contribution in [0.3, 0.4) is 0 Å². The van der Waals surface area contributed by atoms with E-state index in [2.05, 4.69) is 0 Å². The highest BCUT2D eigenvalue weighted by Crippen LogP contribution is 2.27. The zero-order chi connectivity index (χ0) is 11.3. The molecule has 4 heteroatoms. The Hall–Kier alpha value is -0.770. The van der Waals surface area contributed by atoms with Gasteiger partial charge in [0.05, 0.1) is 6.61 Å². The van der Waals surface area contributed by atoms with Crippen molar-refractivity contribution in [2.45, 2.75) is 13.0 Å². The lowest BCUT2D eigenvalue weighted by molar-refractivity contribution is 0.145. The maximum Gasteiger partial charge on any atom is 0.124 e. The van der Waals surface area contributed by atoms with Crippen LogP contribution in [0.5, 0.6) is 5.75 Å². The van der Waals surface area contributed by atoms with Crippen LogP contribution in [0, 0.1) is 0 Å². The number of methoxy groups -OCH3 is 1. The van der Waals surface area contributed by atoms with Gasteiger partial charge in [-0.2, -0.15) is 0 Å². The van der Waals surface area contributed by atoms with Crippen LogP contribution in [0.2, 0.25) is 5.02 Å². The van der Waals surface area contributed by atoms with Gasteiger partial charge in [-0.05, 0) is 25.1 Å². The third-order valence-electron chi connectivity index (χ3n) is 2.01. The first kappa shape index (κ1) is 12.3. The van der Waals surface area contributed by atoms with Crippen molar-refractivity contribution >= 4 is 11.6 Å². The molecule has 1 atom stereocenters. The van der Waals surface area contributed by atoms with Crippen LogP contribution in [-0.2, 0) is 4.74 Å². The lowest BCUT2D eigenvalue weighted by Crippen LogP contribution is -2.10. The van der Waals surface area contributed by atoms with Crippen LogP contribution in [0.15, 0.2) is 18.2 Å². The van der Waals surface area contributed by atoms with Crippen LogP contribution in [0.4, 0.5) is 0 Å². The van der Waals surface area contributed by atoms with Gasteiger partial charge in [0.25, 0.3) is 0 Å². The molecule has 3 nitrogen and oxygen atoms in total. The molecule has 2 N–H and O–H groups in total. The molecule has 0 aliphatic carbocycles. The molecule has 1 rings (SSSR count). The molecule has 0 bridgehead atoms. The first-order valence-electron chi connectivity index (χ1n) is 4.82. The van der Waals surface area contributed by atoms with Crippen LogP contribution >= 0.6 is 11.6 Å². The van der Waals surface area contributed by atoms with E-state index in [9.17, 15) is 0 Å². The van der Waals surface area contributed by atoms with Gasteiger partial charge in [0, 0.05) is 23.7 Å². The molecule has 0 fully saturated rings. The normalized spacial score (nSPS) is 12.5. The molecule has 0 amide bonds. The van der Waals surface area contributed by atoms with Gasteiger partial charge in [-0.25, -0.2) is 0 Å². The van der Waals surface area contributed by atoms with Crippen molar-refractivity contribution in [3.8, 4) is 5.75 Å². The Kier molecular flexibility index (Phi) is 4.88. The zero-order valence-electron chi connectivity index (χ0n) is 9.00. The van der Waals surface area contributed by atoms with Gasteiger partial charge < -0.3 is 15.2 Å². The molecule has 0 radical (unpaired) electrons. The van der Waals surface area contributed by atoms with E-state index in [-0.39, 0.29) is 6.04 Å². The minimum Gasteiger partial charge on any atom is -0.491 e. The summed E-state index contributed by atoms with van der Waals surface area (Å²) in [4.78, 5) is 0. The Bertz CT molecular complexity index is 315. The Morgan fingerprint density at radius 2 is 2.13 bits per heavy atom. The molecule has 0 heterocycles. The SMILES string of the molecule is COCCOc1ccc(Cl)cc1[C@H](C)N. The molecule has 15 heavy (non-hydrogen) atoms. The highest BCUT2D eigenvalue weighted by molar-refractivity contribution is 6.30. The minimum absolute atomic E-state index is 0.0961. The average molecular weight is 230 g/mol. The Morgan fingerprint density at radius 3 is 2.73 bits per heavy atom. The molecular formula is C11H16ClNO2. The number of ether oxygens (including phenoxy) is 2. The van der Waals surface area contributed by atoms with Gasteiger partial charge in [0.15, 0.2) is 0 Å². The summed E-state index contributed by atoms with van der Waals surface area (Å²) in [5, 5.41) is 0.668. The molecule has 84 valence electrons. The van der Waals surface area contributed by atoms with Gasteiger partial charge in [-0.1, -0.05) is 11.6 Å². The summed E-state index contributed by atoms with van der Waals surface area (Å²) in [6.45, 7) is 2.97. The van der Waals surface area contributed by atoms with Crippen LogP contribution in [-0.4, -0.2) is 20.3 Å². The molecule has 0 saturated carbocycles. The maximum absolute atomic E-state index is 5.89. The van der Waals surface area contributed by atoms with E-state index >= 15 is 0 Å². The maximum atomic E-state index is 5.89. The Labute approximate surface area is 95.1 Å². The fourth-order valence-corrected chi connectivity index (χ4v) is 1.42. The summed E-state index contributed by atoms with van der Waals surface area (Å²) in [6.07, 6.45) is 0. The lowest BCUT2D eigenvalue weighted by atomic mass is 10.1. The molecule has 0 aliphatic rings. The molecule has 0 spiro atoms. The first-order chi connectivity index (χ1) is 7.15. The molecule has 0 aliphatic heterocycles. The van der Waals surface area contributed by atoms with E-state index in [0.717, 1.165) is 11.3 Å². The summed E-state index contributed by atoms with van der Waals surface area (Å²) in [7, 11) is 1.64. The van der Waals surface area contributed by atoms with E-state index in [0.29, 0.717) is 18.2 Å². The van der Waals surface area contributed by atoms with E-state index in [1.165, 1.54) is 0 Å². The molecule has 0 saturated heterocycles. The molecular weight excluding hydrogens is 214 g/mol. The summed E-state index contributed by atoms with van der Waals surface area (Å²) in [5.74, 6) is 0.770. The summed E-state index contributed by atoms with van der Waals surface area (Å²) >= 11 is 5.89. The van der Waals surface area contributed by atoms with Crippen molar-refractivity contribution in [1.29, 1.82) is 0 Å². The molecule has 1 aromatic carbocycles. The van der Waals surface area contributed by atoms with Crippen molar-refractivity contribution in [1.82, 2.24) is 0 Å². The lowest BCUT2D eigenvalue weighted by Gasteiger charge is -2.14. The molecule has 1 aromatic rings. The van der Waals surface area contributed by atoms with Crippen molar-refractivity contribution in [3.63, 3.8) is 0 Å². The fourth-order valence-electron chi connectivity index (χ4n) is 1.24. The molecule has 0 unspecified atom stereocenters. The Balaban J connectivity index is 2.77. The zero-order valence-corrected chi connectivity index (χ0v) is 9.75. The van der Waals surface area contributed by atoms with E-state index in [1.807, 2.05) is 19.1 Å². The fraction of sp³-hybridized carbons (Fsp3) is 0.455. The predicted octanol–water partition coefficient (Wildman–Crippen LogP) is 2.38. The van der Waals surface area contributed by atoms with E-state index in [1.54, 1.807) is 13.2 Å². The Morgan fingerprint density at radius 1 is 1.40 bits per heavy atom.